The molecule has 0 aliphatic heterocycles. The minimum atomic E-state index is 0.672. The van der Waals surface area contributed by atoms with Crippen LogP contribution in [0.25, 0.3) is 0 Å². The molecule has 0 radical (unpaired) electrons. The second-order valence-corrected chi connectivity index (χ2v) is 3.43. The molecular weight excluding hydrogens is 172 g/mol. The fraction of sp³-hybridized carbons (Fsp3) is 0.571. The van der Waals surface area contributed by atoms with Crippen molar-refractivity contribution in [1.82, 2.24) is 4.37 Å². The van der Waals surface area contributed by atoms with Crippen LogP contribution in [0.15, 0.2) is 6.07 Å². The van der Waals surface area contributed by atoms with Crippen molar-refractivity contribution in [2.75, 3.05) is 18.1 Å². The molecule has 1 aromatic rings. The molecule has 0 saturated carbocycles. The maximum Gasteiger partial charge on any atom is 0.126 e. The SMILES string of the molecule is Cc1cc(N(N)CCCN)sn1. The fourth-order valence-corrected chi connectivity index (χ4v) is 1.57. The van der Waals surface area contributed by atoms with Crippen LogP contribution in [0.5, 0.6) is 0 Å². The number of hydrogen-bond donors (Lipinski definition) is 2. The van der Waals surface area contributed by atoms with E-state index in [2.05, 4.69) is 4.37 Å². The summed E-state index contributed by atoms with van der Waals surface area (Å²) in [6.07, 6.45) is 0.910. The number of anilines is 1. The third-order valence-electron chi connectivity index (χ3n) is 1.50. The first kappa shape index (κ1) is 9.44. The predicted molar refractivity (Wildman–Crippen MR) is 52.1 cm³/mol. The zero-order chi connectivity index (χ0) is 8.97. The van der Waals surface area contributed by atoms with Crippen molar-refractivity contribution in [2.24, 2.45) is 11.6 Å². The van der Waals surface area contributed by atoms with E-state index in [9.17, 15) is 0 Å². The van der Waals surface area contributed by atoms with Crippen LogP contribution >= 0.6 is 11.5 Å². The Bertz CT molecular complexity index is 235. The Kier molecular flexibility index (Phi) is 3.46. The second-order valence-electron chi connectivity index (χ2n) is 2.64. The van der Waals surface area contributed by atoms with Gasteiger partial charge in [0, 0.05) is 6.54 Å². The van der Waals surface area contributed by atoms with Gasteiger partial charge in [0.05, 0.1) is 5.69 Å². The van der Waals surface area contributed by atoms with Gasteiger partial charge in [-0.25, -0.2) is 5.84 Å². The molecule has 0 unspecified atom stereocenters. The lowest BCUT2D eigenvalue weighted by Crippen LogP contribution is -2.32. The Morgan fingerprint density at radius 2 is 2.42 bits per heavy atom. The second kappa shape index (κ2) is 4.39. The smallest absolute Gasteiger partial charge is 0.126 e. The van der Waals surface area contributed by atoms with Crippen LogP contribution in [0.1, 0.15) is 12.1 Å². The number of rotatable bonds is 4. The van der Waals surface area contributed by atoms with Crippen LogP contribution in [-0.2, 0) is 0 Å². The summed E-state index contributed by atoms with van der Waals surface area (Å²) in [5.74, 6) is 5.74. The summed E-state index contributed by atoms with van der Waals surface area (Å²) in [7, 11) is 0. The van der Waals surface area contributed by atoms with Gasteiger partial charge in [-0.2, -0.15) is 4.37 Å². The van der Waals surface area contributed by atoms with Gasteiger partial charge in [-0.1, -0.05) is 0 Å². The Morgan fingerprint density at radius 3 is 2.92 bits per heavy atom. The monoisotopic (exact) mass is 186 g/mol. The van der Waals surface area contributed by atoms with Gasteiger partial charge in [0.2, 0.25) is 0 Å². The molecule has 0 spiro atoms. The summed E-state index contributed by atoms with van der Waals surface area (Å²) in [5.41, 5.74) is 6.38. The number of aromatic nitrogens is 1. The number of hydrazine groups is 1. The average Bonchev–Trinajstić information content (AvgIpc) is 2.47. The van der Waals surface area contributed by atoms with Crippen LogP contribution in [0, 0.1) is 6.92 Å². The highest BCUT2D eigenvalue weighted by atomic mass is 32.1. The third-order valence-corrected chi connectivity index (χ3v) is 2.42. The highest BCUT2D eigenvalue weighted by Crippen LogP contribution is 2.18. The maximum atomic E-state index is 5.74. The van der Waals surface area contributed by atoms with E-state index in [1.807, 2.05) is 13.0 Å². The molecule has 4 N–H and O–H groups in total. The first-order valence-electron chi connectivity index (χ1n) is 3.89. The maximum absolute atomic E-state index is 5.74. The normalized spacial score (nSPS) is 10.2. The lowest BCUT2D eigenvalue weighted by Gasteiger charge is -2.14. The molecule has 0 saturated heterocycles. The van der Waals surface area contributed by atoms with Crippen molar-refractivity contribution < 1.29 is 0 Å². The summed E-state index contributed by atoms with van der Waals surface area (Å²) >= 11 is 1.42. The zero-order valence-corrected chi connectivity index (χ0v) is 7.97. The van der Waals surface area contributed by atoms with E-state index in [0.717, 1.165) is 23.7 Å². The van der Waals surface area contributed by atoms with E-state index in [4.69, 9.17) is 11.6 Å². The first-order chi connectivity index (χ1) is 5.74. The fourth-order valence-electron chi connectivity index (χ4n) is 0.857. The van der Waals surface area contributed by atoms with Crippen molar-refractivity contribution >= 4 is 16.5 Å². The molecule has 68 valence electrons. The van der Waals surface area contributed by atoms with Crippen LogP contribution in [0.2, 0.25) is 0 Å². The number of nitrogens with two attached hydrogens (primary N) is 2. The zero-order valence-electron chi connectivity index (χ0n) is 7.16. The molecule has 0 aliphatic rings. The van der Waals surface area contributed by atoms with Crippen molar-refractivity contribution in [3.63, 3.8) is 0 Å². The van der Waals surface area contributed by atoms with Crippen LogP contribution < -0.4 is 16.6 Å². The van der Waals surface area contributed by atoms with Gasteiger partial charge < -0.3 is 10.7 Å². The summed E-state index contributed by atoms with van der Waals surface area (Å²) in [6, 6.07) is 1.97. The van der Waals surface area contributed by atoms with Gasteiger partial charge in [-0.15, -0.1) is 0 Å². The summed E-state index contributed by atoms with van der Waals surface area (Å²) in [6.45, 7) is 3.42. The van der Waals surface area contributed by atoms with Crippen molar-refractivity contribution in [3.8, 4) is 0 Å². The van der Waals surface area contributed by atoms with Gasteiger partial charge in [0.25, 0.3) is 0 Å². The largest absolute Gasteiger partial charge is 0.330 e. The molecule has 12 heavy (non-hydrogen) atoms. The molecule has 1 heterocycles. The Morgan fingerprint density at radius 1 is 1.67 bits per heavy atom. The van der Waals surface area contributed by atoms with Gasteiger partial charge in [-0.05, 0) is 37.5 Å². The highest BCUT2D eigenvalue weighted by Gasteiger charge is 2.03. The molecule has 0 aliphatic carbocycles. The molecule has 0 atom stereocenters. The molecular formula is C7H14N4S. The minimum absolute atomic E-state index is 0.672. The van der Waals surface area contributed by atoms with Gasteiger partial charge in [0.1, 0.15) is 5.00 Å². The van der Waals surface area contributed by atoms with Gasteiger partial charge in [0.15, 0.2) is 0 Å². The van der Waals surface area contributed by atoms with E-state index in [-0.39, 0.29) is 0 Å². The first-order valence-corrected chi connectivity index (χ1v) is 4.67. The van der Waals surface area contributed by atoms with Gasteiger partial charge >= 0.3 is 0 Å². The number of hydrogen-bond acceptors (Lipinski definition) is 5. The Hall–Kier alpha value is -0.650. The number of aryl methyl sites for hydroxylation is 1. The van der Waals surface area contributed by atoms with Crippen LogP contribution in [0.4, 0.5) is 5.00 Å². The molecule has 1 aromatic heterocycles. The molecule has 0 amide bonds. The lowest BCUT2D eigenvalue weighted by atomic mass is 10.4. The van der Waals surface area contributed by atoms with Crippen molar-refractivity contribution in [3.05, 3.63) is 11.8 Å². The number of nitrogens with zero attached hydrogens (tertiary/aromatic N) is 2. The highest BCUT2D eigenvalue weighted by molar-refractivity contribution is 7.10. The molecule has 1 rings (SSSR count). The molecule has 0 bridgehead atoms. The standard InChI is InChI=1S/C7H14N4S/c1-6-5-7(12-10-6)11(9)4-2-3-8/h5H,2-4,8-9H2,1H3. The van der Waals surface area contributed by atoms with Crippen molar-refractivity contribution in [2.45, 2.75) is 13.3 Å². The van der Waals surface area contributed by atoms with Gasteiger partial charge in [-0.3, -0.25) is 0 Å². The quantitative estimate of drug-likeness (QED) is 0.530. The predicted octanol–water partition coefficient (Wildman–Crippen LogP) is 0.480. The summed E-state index contributed by atoms with van der Waals surface area (Å²) in [5, 5.41) is 2.69. The summed E-state index contributed by atoms with van der Waals surface area (Å²) in [4.78, 5) is 0. The average molecular weight is 186 g/mol. The Balaban J connectivity index is 2.47. The molecule has 4 nitrogen and oxygen atoms in total. The van der Waals surface area contributed by atoms with E-state index in [1.165, 1.54) is 11.5 Å². The lowest BCUT2D eigenvalue weighted by molar-refractivity contribution is 0.768. The molecule has 5 heteroatoms. The van der Waals surface area contributed by atoms with E-state index in [1.54, 1.807) is 5.01 Å². The van der Waals surface area contributed by atoms with Crippen LogP contribution in [-0.4, -0.2) is 17.5 Å². The minimum Gasteiger partial charge on any atom is -0.330 e. The van der Waals surface area contributed by atoms with E-state index >= 15 is 0 Å². The summed E-state index contributed by atoms with van der Waals surface area (Å²) < 4.78 is 4.13. The molecule has 0 aromatic carbocycles. The van der Waals surface area contributed by atoms with Crippen molar-refractivity contribution in [1.29, 1.82) is 0 Å². The van der Waals surface area contributed by atoms with E-state index in [0.29, 0.717) is 6.54 Å². The topological polar surface area (TPSA) is 68.2 Å². The van der Waals surface area contributed by atoms with Crippen LogP contribution in [0.3, 0.4) is 0 Å². The Labute approximate surface area is 76.3 Å². The third kappa shape index (κ3) is 2.44. The molecule has 0 fully saturated rings. The van der Waals surface area contributed by atoms with E-state index < -0.39 is 0 Å².